The van der Waals surface area contributed by atoms with Gasteiger partial charge in [-0.05, 0) is 43.0 Å². The minimum absolute atomic E-state index is 0. The molecule has 1 aliphatic heterocycles. The van der Waals surface area contributed by atoms with Crippen molar-refractivity contribution >= 4 is 41.7 Å². The molecule has 2 N–H and O–H groups in total. The predicted molar refractivity (Wildman–Crippen MR) is 117 cm³/mol. The first-order chi connectivity index (χ1) is 13.6. The monoisotopic (exact) mass is 432 g/mol. The van der Waals surface area contributed by atoms with Crippen LogP contribution in [0, 0.1) is 11.3 Å². The molecule has 0 aromatic heterocycles. The summed E-state index contributed by atoms with van der Waals surface area (Å²) in [5.74, 6) is -0.636. The number of halogens is 1. The Kier molecular flexibility index (Phi) is 6.88. The number of rotatable bonds is 6. The number of nitrogens with zero attached hydrogens (tertiary/aromatic N) is 1. The van der Waals surface area contributed by atoms with Gasteiger partial charge < -0.3 is 10.4 Å². The predicted octanol–water partition coefficient (Wildman–Crippen LogP) is 4.38. The van der Waals surface area contributed by atoms with E-state index in [4.69, 9.17) is 0 Å². The molecule has 29 heavy (non-hydrogen) atoms. The summed E-state index contributed by atoms with van der Waals surface area (Å²) in [6.07, 6.45) is 2.64. The fourth-order valence-electron chi connectivity index (χ4n) is 4.53. The average Bonchev–Trinajstić information content (AvgIpc) is 3.22. The molecule has 0 unspecified atom stereocenters. The van der Waals surface area contributed by atoms with Crippen molar-refractivity contribution < 1.29 is 14.7 Å². The maximum Gasteiger partial charge on any atom is 0.311 e. The molecular weight excluding hydrogens is 408 g/mol. The van der Waals surface area contributed by atoms with Gasteiger partial charge in [-0.2, -0.15) is 0 Å². The number of likely N-dealkylation sites (tertiary alicyclic amines) is 1. The number of benzene rings is 2. The molecule has 4 rings (SSSR count). The van der Waals surface area contributed by atoms with Crippen molar-refractivity contribution in [1.82, 2.24) is 4.90 Å². The Hall–Kier alpha value is -2.02. The van der Waals surface area contributed by atoms with Crippen molar-refractivity contribution in [2.24, 2.45) is 11.3 Å². The summed E-state index contributed by atoms with van der Waals surface area (Å²) in [6.45, 7) is 1.40. The number of amides is 1. The highest BCUT2D eigenvalue weighted by Crippen LogP contribution is 2.48. The molecule has 0 radical (unpaired) electrons. The van der Waals surface area contributed by atoms with Gasteiger partial charge in [0.05, 0.1) is 17.6 Å². The number of hydrogen-bond donors (Lipinski definition) is 2. The first-order valence-corrected chi connectivity index (χ1v) is 10.5. The van der Waals surface area contributed by atoms with E-state index >= 15 is 0 Å². The summed E-state index contributed by atoms with van der Waals surface area (Å²) in [5.41, 5.74) is 0.134. The number of aliphatic carboxylic acids is 1. The smallest absolute Gasteiger partial charge is 0.311 e. The summed E-state index contributed by atoms with van der Waals surface area (Å²) in [6, 6.07) is 17.8. The molecule has 5 nitrogen and oxygen atoms in total. The van der Waals surface area contributed by atoms with Crippen LogP contribution in [0.5, 0.6) is 0 Å². The number of fused-ring (bicyclic) bond motifs is 1. The van der Waals surface area contributed by atoms with Crippen molar-refractivity contribution in [3.05, 3.63) is 54.6 Å². The van der Waals surface area contributed by atoms with Gasteiger partial charge in [-0.3, -0.25) is 14.5 Å². The number of carboxylic acids is 1. The number of hydrogen-bond acceptors (Lipinski definition) is 4. The van der Waals surface area contributed by atoms with Crippen LogP contribution in [0.4, 0.5) is 5.69 Å². The second-order valence-corrected chi connectivity index (χ2v) is 8.79. The maximum absolute atomic E-state index is 12.7. The van der Waals surface area contributed by atoms with Crippen LogP contribution in [0.15, 0.2) is 64.4 Å². The topological polar surface area (TPSA) is 69.6 Å². The standard InChI is InChI=1S/C22H24N2O3S.ClH/c25-20(14-24-13-16-7-6-12-22(16,15-24)21(26)27)23-18-10-4-5-11-19(18)28-17-8-2-1-3-9-17;/h1-5,8-11,16H,6-7,12-15H2,(H,23,25)(H,26,27);1H/t16-,22+;/m0./s1. The van der Waals surface area contributed by atoms with E-state index in [2.05, 4.69) is 5.32 Å². The van der Waals surface area contributed by atoms with Gasteiger partial charge in [-0.25, -0.2) is 0 Å². The van der Waals surface area contributed by atoms with E-state index in [1.54, 1.807) is 11.8 Å². The third kappa shape index (κ3) is 4.60. The summed E-state index contributed by atoms with van der Waals surface area (Å²) in [4.78, 5) is 28.6. The average molecular weight is 433 g/mol. The largest absolute Gasteiger partial charge is 0.481 e. The highest BCUT2D eigenvalue weighted by atomic mass is 35.5. The van der Waals surface area contributed by atoms with Crippen LogP contribution in [-0.2, 0) is 9.59 Å². The van der Waals surface area contributed by atoms with Gasteiger partial charge >= 0.3 is 5.97 Å². The molecule has 7 heteroatoms. The van der Waals surface area contributed by atoms with Crippen molar-refractivity contribution in [1.29, 1.82) is 0 Å². The van der Waals surface area contributed by atoms with Gasteiger partial charge in [0.2, 0.25) is 5.91 Å². The second-order valence-electron chi connectivity index (χ2n) is 7.68. The van der Waals surface area contributed by atoms with Gasteiger partial charge in [-0.1, -0.05) is 48.5 Å². The zero-order valence-electron chi connectivity index (χ0n) is 16.0. The molecule has 2 aromatic carbocycles. The molecule has 1 aliphatic carbocycles. The Morgan fingerprint density at radius 2 is 1.86 bits per heavy atom. The lowest BCUT2D eigenvalue weighted by atomic mass is 9.81. The Balaban J connectivity index is 0.00000240. The molecule has 1 heterocycles. The van der Waals surface area contributed by atoms with Crippen LogP contribution in [-0.4, -0.2) is 41.5 Å². The maximum atomic E-state index is 12.7. The fourth-order valence-corrected chi connectivity index (χ4v) is 5.45. The van der Waals surface area contributed by atoms with Gasteiger partial charge in [0.15, 0.2) is 0 Å². The molecule has 2 aliphatic rings. The van der Waals surface area contributed by atoms with Gasteiger partial charge in [-0.15, -0.1) is 12.4 Å². The number of carboxylic acid groups (broad SMARTS) is 1. The lowest BCUT2D eigenvalue weighted by Crippen LogP contribution is -2.37. The Morgan fingerprint density at radius 3 is 2.59 bits per heavy atom. The minimum atomic E-state index is -0.706. The van der Waals surface area contributed by atoms with E-state index in [1.807, 2.05) is 59.5 Å². The number of anilines is 1. The highest BCUT2D eigenvalue weighted by Gasteiger charge is 2.54. The van der Waals surface area contributed by atoms with Crippen LogP contribution in [0.3, 0.4) is 0 Å². The second kappa shape index (κ2) is 9.20. The molecule has 1 saturated carbocycles. The molecular formula is C22H25ClN2O3S. The molecule has 2 fully saturated rings. The van der Waals surface area contributed by atoms with Crippen LogP contribution < -0.4 is 5.32 Å². The number of nitrogens with one attached hydrogen (secondary N) is 1. The lowest BCUT2D eigenvalue weighted by Gasteiger charge is -2.23. The zero-order valence-corrected chi connectivity index (χ0v) is 17.7. The summed E-state index contributed by atoms with van der Waals surface area (Å²) >= 11 is 1.61. The van der Waals surface area contributed by atoms with Gasteiger partial charge in [0, 0.05) is 22.9 Å². The quantitative estimate of drug-likeness (QED) is 0.708. The van der Waals surface area contributed by atoms with Crippen molar-refractivity contribution in [3.63, 3.8) is 0 Å². The van der Waals surface area contributed by atoms with Crippen LogP contribution in [0.2, 0.25) is 0 Å². The van der Waals surface area contributed by atoms with Gasteiger partial charge in [0.25, 0.3) is 0 Å². The van der Waals surface area contributed by atoms with Crippen LogP contribution >= 0.6 is 24.2 Å². The minimum Gasteiger partial charge on any atom is -0.481 e. The molecule has 154 valence electrons. The molecule has 0 spiro atoms. The first-order valence-electron chi connectivity index (χ1n) is 9.64. The SMILES string of the molecule is Cl.O=C(CN1C[C@@H]2CCC[C@@]2(C(=O)O)C1)Nc1ccccc1Sc1ccccc1. The zero-order chi connectivity index (χ0) is 19.6. The summed E-state index contributed by atoms with van der Waals surface area (Å²) in [7, 11) is 0. The molecule has 1 amide bonds. The number of carbonyl (C=O) groups excluding carboxylic acids is 1. The molecule has 2 aromatic rings. The Labute approximate surface area is 181 Å². The van der Waals surface area contributed by atoms with E-state index in [-0.39, 0.29) is 30.8 Å². The van der Waals surface area contributed by atoms with Crippen molar-refractivity contribution in [2.75, 3.05) is 25.0 Å². The third-order valence-corrected chi connectivity index (χ3v) is 6.95. The van der Waals surface area contributed by atoms with Crippen LogP contribution in [0.25, 0.3) is 0 Å². The van der Waals surface area contributed by atoms with E-state index in [9.17, 15) is 14.7 Å². The van der Waals surface area contributed by atoms with Crippen molar-refractivity contribution in [3.8, 4) is 0 Å². The van der Waals surface area contributed by atoms with E-state index < -0.39 is 11.4 Å². The van der Waals surface area contributed by atoms with E-state index in [0.717, 1.165) is 34.7 Å². The Bertz CT molecular complexity index is 879. The number of carbonyl (C=O) groups is 2. The summed E-state index contributed by atoms with van der Waals surface area (Å²) < 4.78 is 0. The van der Waals surface area contributed by atoms with E-state index in [1.165, 1.54) is 0 Å². The molecule has 0 bridgehead atoms. The van der Waals surface area contributed by atoms with Crippen molar-refractivity contribution in [2.45, 2.75) is 29.1 Å². The Morgan fingerprint density at radius 1 is 1.14 bits per heavy atom. The normalized spacial score (nSPS) is 23.2. The molecule has 1 saturated heterocycles. The van der Waals surface area contributed by atoms with Gasteiger partial charge in [0.1, 0.15) is 0 Å². The first kappa shape index (κ1) is 21.7. The molecule has 2 atom stereocenters. The van der Waals surface area contributed by atoms with E-state index in [0.29, 0.717) is 13.1 Å². The number of para-hydroxylation sites is 1. The van der Waals surface area contributed by atoms with Crippen LogP contribution in [0.1, 0.15) is 19.3 Å². The third-order valence-electron chi connectivity index (χ3n) is 5.87. The lowest BCUT2D eigenvalue weighted by molar-refractivity contribution is -0.149. The summed E-state index contributed by atoms with van der Waals surface area (Å²) in [5, 5.41) is 12.7. The highest BCUT2D eigenvalue weighted by molar-refractivity contribution is 7.99. The fraction of sp³-hybridized carbons (Fsp3) is 0.364.